The Balaban J connectivity index is 1.21. The van der Waals surface area contributed by atoms with Crippen LogP contribution in [-0.4, -0.2) is 56.6 Å². The molecule has 1 saturated carbocycles. The first kappa shape index (κ1) is 23.3. The maximum atomic E-state index is 13.4. The van der Waals surface area contributed by atoms with Gasteiger partial charge in [-0.2, -0.15) is 14.5 Å². The number of hydrogen-bond acceptors (Lipinski definition) is 5. The first-order valence-corrected chi connectivity index (χ1v) is 13.7. The van der Waals surface area contributed by atoms with Crippen LogP contribution in [0, 0.1) is 11.7 Å². The van der Waals surface area contributed by atoms with Gasteiger partial charge in [-0.3, -0.25) is 4.68 Å². The highest BCUT2D eigenvalue weighted by Crippen LogP contribution is 2.36. The minimum Gasteiger partial charge on any atom is -0.395 e. The molecule has 1 aliphatic heterocycles. The zero-order chi connectivity index (χ0) is 24.9. The topological polar surface area (TPSA) is 93.3 Å². The third-order valence-electron chi connectivity index (χ3n) is 7.37. The molecule has 2 fully saturated rings. The normalized spacial score (nSPS) is 21.3. The van der Waals surface area contributed by atoms with E-state index in [0.29, 0.717) is 25.3 Å². The van der Waals surface area contributed by atoms with Crippen molar-refractivity contribution in [3.05, 3.63) is 72.4 Å². The van der Waals surface area contributed by atoms with Crippen molar-refractivity contribution < 1.29 is 17.9 Å². The van der Waals surface area contributed by atoms with Crippen LogP contribution in [0.3, 0.4) is 0 Å². The highest BCUT2D eigenvalue weighted by molar-refractivity contribution is 7.89. The summed E-state index contributed by atoms with van der Waals surface area (Å²) >= 11 is 0. The van der Waals surface area contributed by atoms with Crippen molar-refractivity contribution in [3.8, 4) is 5.69 Å². The van der Waals surface area contributed by atoms with E-state index in [0.717, 1.165) is 28.7 Å². The van der Waals surface area contributed by atoms with Crippen molar-refractivity contribution in [2.24, 2.45) is 5.92 Å². The summed E-state index contributed by atoms with van der Waals surface area (Å²) < 4.78 is 45.0. The van der Waals surface area contributed by atoms with Gasteiger partial charge in [0.1, 0.15) is 10.7 Å². The molecule has 2 aromatic heterocycles. The highest BCUT2D eigenvalue weighted by atomic mass is 32.2. The van der Waals surface area contributed by atoms with Crippen molar-refractivity contribution in [2.45, 2.75) is 49.1 Å². The van der Waals surface area contributed by atoms with E-state index in [1.165, 1.54) is 35.5 Å². The molecule has 6 rings (SSSR count). The van der Waals surface area contributed by atoms with Crippen LogP contribution in [0.4, 0.5) is 4.39 Å². The van der Waals surface area contributed by atoms with E-state index >= 15 is 0 Å². The molecule has 4 aromatic rings. The summed E-state index contributed by atoms with van der Waals surface area (Å²) in [5, 5.41) is 19.8. The fourth-order valence-corrected chi connectivity index (χ4v) is 6.78. The molecule has 36 heavy (non-hydrogen) atoms. The number of piperidine rings is 1. The Morgan fingerprint density at radius 2 is 1.83 bits per heavy atom. The van der Waals surface area contributed by atoms with Crippen LogP contribution in [0.15, 0.2) is 66.0 Å². The molecule has 2 aliphatic rings. The monoisotopic (exact) mass is 509 g/mol. The van der Waals surface area contributed by atoms with Gasteiger partial charge in [0.25, 0.3) is 0 Å². The first-order valence-electron chi connectivity index (χ1n) is 12.3. The number of halogens is 1. The zero-order valence-corrected chi connectivity index (χ0v) is 20.6. The lowest BCUT2D eigenvalue weighted by molar-refractivity contribution is 0.144. The van der Waals surface area contributed by atoms with Gasteiger partial charge >= 0.3 is 0 Å². The van der Waals surface area contributed by atoms with Gasteiger partial charge in [-0.1, -0.05) is 6.07 Å². The largest absolute Gasteiger partial charge is 0.395 e. The molecule has 1 saturated heterocycles. The van der Waals surface area contributed by atoms with Crippen molar-refractivity contribution in [1.29, 1.82) is 0 Å². The SMILES string of the molecule is O=S(=O)(c1cnn(CC2CC2)c1)N1CC[C@H](c2ccc3c(cnn3-c3ccc(F)cc3)c2)C[C@H]1CO. The second-order valence-corrected chi connectivity index (χ2v) is 11.8. The van der Waals surface area contributed by atoms with Gasteiger partial charge in [0.05, 0.1) is 30.2 Å². The summed E-state index contributed by atoms with van der Waals surface area (Å²) in [5.41, 5.74) is 2.78. The number of rotatable bonds is 7. The summed E-state index contributed by atoms with van der Waals surface area (Å²) in [7, 11) is -3.74. The Bertz CT molecular complexity index is 1490. The summed E-state index contributed by atoms with van der Waals surface area (Å²) in [6, 6.07) is 11.8. The molecule has 188 valence electrons. The van der Waals surface area contributed by atoms with E-state index in [4.69, 9.17) is 0 Å². The summed E-state index contributed by atoms with van der Waals surface area (Å²) in [5.74, 6) is 0.419. The molecule has 0 unspecified atom stereocenters. The van der Waals surface area contributed by atoms with Crippen molar-refractivity contribution in [1.82, 2.24) is 23.9 Å². The lowest BCUT2D eigenvalue weighted by atomic mass is 9.86. The third kappa shape index (κ3) is 4.33. The zero-order valence-electron chi connectivity index (χ0n) is 19.7. The van der Waals surface area contributed by atoms with Crippen molar-refractivity contribution >= 4 is 20.9 Å². The van der Waals surface area contributed by atoms with E-state index in [1.807, 2.05) is 12.1 Å². The van der Waals surface area contributed by atoms with Gasteiger partial charge in [-0.25, -0.2) is 17.5 Å². The molecule has 2 atom stereocenters. The molecule has 0 bridgehead atoms. The molecule has 2 aromatic carbocycles. The van der Waals surface area contributed by atoms with Gasteiger partial charge in [0.15, 0.2) is 0 Å². The van der Waals surface area contributed by atoms with E-state index in [1.54, 1.807) is 33.9 Å². The third-order valence-corrected chi connectivity index (χ3v) is 9.27. The number of aliphatic hydroxyl groups excluding tert-OH is 1. The molecular formula is C26H28FN5O3S. The van der Waals surface area contributed by atoms with Crippen LogP contribution < -0.4 is 0 Å². The predicted molar refractivity (Wildman–Crippen MR) is 133 cm³/mol. The fraction of sp³-hybridized carbons (Fsp3) is 0.385. The number of aliphatic hydroxyl groups is 1. The van der Waals surface area contributed by atoms with E-state index in [-0.39, 0.29) is 23.2 Å². The molecule has 8 nitrogen and oxygen atoms in total. The van der Waals surface area contributed by atoms with E-state index in [9.17, 15) is 17.9 Å². The summed E-state index contributed by atoms with van der Waals surface area (Å²) in [6.45, 7) is 0.844. The van der Waals surface area contributed by atoms with Crippen molar-refractivity contribution in [3.63, 3.8) is 0 Å². The average Bonchev–Trinajstić information content (AvgIpc) is 3.40. The number of benzene rings is 2. The van der Waals surface area contributed by atoms with Gasteiger partial charge in [-0.05, 0) is 79.5 Å². The Hall–Kier alpha value is -3.08. The summed E-state index contributed by atoms with van der Waals surface area (Å²) in [4.78, 5) is 0.190. The Morgan fingerprint density at radius 1 is 1.03 bits per heavy atom. The molecule has 10 heteroatoms. The minimum atomic E-state index is -3.74. The number of nitrogens with zero attached hydrogens (tertiary/aromatic N) is 5. The molecule has 0 spiro atoms. The highest BCUT2D eigenvalue weighted by Gasteiger charge is 2.38. The lowest BCUT2D eigenvalue weighted by Gasteiger charge is -2.37. The standard InChI is InChI=1S/C26H28FN5O3S/c27-22-4-6-23(7-5-22)32-26-8-3-19(11-21(26)13-29-32)20-9-10-31(24(12-20)17-33)36(34,35)25-14-28-30(16-25)15-18-1-2-18/h3-8,11,13-14,16,18,20,24,33H,1-2,9-10,12,15,17H2/t20-,24-/m0/s1. The van der Waals surface area contributed by atoms with E-state index < -0.39 is 16.1 Å². The van der Waals surface area contributed by atoms with Gasteiger partial charge in [0.2, 0.25) is 10.0 Å². The van der Waals surface area contributed by atoms with Crippen LogP contribution in [0.5, 0.6) is 0 Å². The predicted octanol–water partition coefficient (Wildman–Crippen LogP) is 3.70. The van der Waals surface area contributed by atoms with Gasteiger partial charge in [-0.15, -0.1) is 0 Å². The minimum absolute atomic E-state index is 0.116. The van der Waals surface area contributed by atoms with E-state index in [2.05, 4.69) is 16.3 Å². The molecule has 3 heterocycles. The maximum absolute atomic E-state index is 13.4. The molecular weight excluding hydrogens is 481 g/mol. The average molecular weight is 510 g/mol. The van der Waals surface area contributed by atoms with Gasteiger partial charge in [0, 0.05) is 30.7 Å². The molecule has 1 N–H and O–H groups in total. The van der Waals surface area contributed by atoms with Crippen LogP contribution in [0.2, 0.25) is 0 Å². The van der Waals surface area contributed by atoms with Crippen LogP contribution in [-0.2, 0) is 16.6 Å². The van der Waals surface area contributed by atoms with Crippen molar-refractivity contribution in [2.75, 3.05) is 13.2 Å². The smallest absolute Gasteiger partial charge is 0.246 e. The number of fused-ring (bicyclic) bond motifs is 1. The summed E-state index contributed by atoms with van der Waals surface area (Å²) in [6.07, 6.45) is 8.34. The molecule has 1 aliphatic carbocycles. The maximum Gasteiger partial charge on any atom is 0.246 e. The van der Waals surface area contributed by atoms with Crippen LogP contribution >= 0.6 is 0 Å². The Labute approximate surface area is 209 Å². The van der Waals surface area contributed by atoms with Gasteiger partial charge < -0.3 is 5.11 Å². The van der Waals surface area contributed by atoms with Crippen LogP contribution in [0.25, 0.3) is 16.6 Å². The second-order valence-electron chi connectivity index (χ2n) is 9.87. The lowest BCUT2D eigenvalue weighted by Crippen LogP contribution is -2.47. The molecule has 0 radical (unpaired) electrons. The number of sulfonamides is 1. The first-order chi connectivity index (χ1) is 17.4. The Kier molecular flexibility index (Phi) is 5.89. The number of aromatic nitrogens is 4. The second kappa shape index (κ2) is 9.10. The quantitative estimate of drug-likeness (QED) is 0.410. The molecule has 0 amide bonds. The Morgan fingerprint density at radius 3 is 2.58 bits per heavy atom. The fourth-order valence-electron chi connectivity index (χ4n) is 5.19. The van der Waals surface area contributed by atoms with Crippen LogP contribution in [0.1, 0.15) is 37.2 Å². The number of hydrogen-bond donors (Lipinski definition) is 1.